The Hall–Kier alpha value is -3.31. The zero-order valence-electron chi connectivity index (χ0n) is 17.4. The minimum atomic E-state index is 0.689. The van der Waals surface area contributed by atoms with Crippen molar-refractivity contribution in [2.45, 2.75) is 0 Å². The van der Waals surface area contributed by atoms with E-state index in [1.165, 1.54) is 0 Å². The predicted octanol–water partition coefficient (Wildman–Crippen LogP) is 6.22. The average Bonchev–Trinajstić information content (AvgIpc) is 3.17. The lowest BCUT2D eigenvalue weighted by atomic mass is 10.1. The summed E-state index contributed by atoms with van der Waals surface area (Å²) in [5.41, 5.74) is 3.20. The van der Waals surface area contributed by atoms with Crippen molar-refractivity contribution >= 4 is 39.4 Å². The first-order chi connectivity index (χ1) is 14.7. The summed E-state index contributed by atoms with van der Waals surface area (Å²) >= 11 is 1.62. The molecule has 0 fully saturated rings. The van der Waals surface area contributed by atoms with Crippen LogP contribution in [0.25, 0.3) is 22.4 Å². The van der Waals surface area contributed by atoms with Gasteiger partial charge in [-0.3, -0.25) is 0 Å². The van der Waals surface area contributed by atoms with Gasteiger partial charge in [0.25, 0.3) is 0 Å². The summed E-state index contributed by atoms with van der Waals surface area (Å²) in [5.74, 6) is 1.40. The number of thiazole rings is 1. The molecular weight excluding hydrogens is 392 g/mol. The zero-order valence-corrected chi connectivity index (χ0v) is 18.2. The van der Waals surface area contributed by atoms with Crippen LogP contribution in [-0.4, -0.2) is 32.3 Å². The molecule has 0 aliphatic heterocycles. The van der Waals surface area contributed by atoms with E-state index in [0.29, 0.717) is 11.5 Å². The lowest BCUT2D eigenvalue weighted by molar-refractivity contribution is 0.356. The lowest BCUT2D eigenvalue weighted by Crippen LogP contribution is -2.22. The van der Waals surface area contributed by atoms with Gasteiger partial charge in [-0.2, -0.15) is 0 Å². The van der Waals surface area contributed by atoms with Gasteiger partial charge in [-0.1, -0.05) is 42.5 Å². The van der Waals surface area contributed by atoms with E-state index in [4.69, 9.17) is 9.47 Å². The third-order valence-electron chi connectivity index (χ3n) is 4.51. The molecule has 1 heterocycles. The van der Waals surface area contributed by atoms with Crippen LogP contribution < -0.4 is 14.4 Å². The van der Waals surface area contributed by atoms with Gasteiger partial charge in [0.1, 0.15) is 5.01 Å². The number of anilines is 1. The molecule has 1 aromatic heterocycles. The van der Waals surface area contributed by atoms with Crippen LogP contribution in [0.2, 0.25) is 0 Å². The zero-order chi connectivity index (χ0) is 21.3. The summed E-state index contributed by atoms with van der Waals surface area (Å²) in [6.07, 6.45) is 11.9. The molecule has 3 rings (SSSR count). The van der Waals surface area contributed by atoms with Gasteiger partial charge in [-0.05, 0) is 23.8 Å². The second-order valence-electron chi connectivity index (χ2n) is 6.52. The second kappa shape index (κ2) is 10.5. The number of hydrogen-bond acceptors (Lipinski definition) is 5. The summed E-state index contributed by atoms with van der Waals surface area (Å²) < 4.78 is 11.8. The fourth-order valence-electron chi connectivity index (χ4n) is 3.04. The maximum Gasteiger partial charge on any atom is 0.162 e. The van der Waals surface area contributed by atoms with Crippen molar-refractivity contribution in [2.75, 3.05) is 32.2 Å². The number of aromatic nitrogens is 1. The van der Waals surface area contributed by atoms with Gasteiger partial charge in [0.15, 0.2) is 11.5 Å². The average molecular weight is 419 g/mol. The van der Waals surface area contributed by atoms with E-state index >= 15 is 0 Å². The molecule has 0 aliphatic rings. The van der Waals surface area contributed by atoms with E-state index in [1.807, 2.05) is 42.5 Å². The first kappa shape index (κ1) is 21.4. The van der Waals surface area contributed by atoms with Crippen LogP contribution in [0.4, 0.5) is 5.69 Å². The number of methoxy groups -OCH3 is 2. The molecule has 0 unspecified atom stereocenters. The smallest absolute Gasteiger partial charge is 0.162 e. The number of ether oxygens (including phenoxy) is 2. The number of nitrogens with zero attached hydrogens (tertiary/aromatic N) is 2. The lowest BCUT2D eigenvalue weighted by Gasteiger charge is -2.21. The molecule has 3 aromatic rings. The van der Waals surface area contributed by atoms with Gasteiger partial charge in [0, 0.05) is 30.9 Å². The molecule has 0 saturated carbocycles. The van der Waals surface area contributed by atoms with Crippen molar-refractivity contribution in [1.82, 2.24) is 4.98 Å². The number of fused-ring (bicyclic) bond motifs is 1. The highest BCUT2D eigenvalue weighted by molar-refractivity contribution is 7.19. The van der Waals surface area contributed by atoms with Crippen molar-refractivity contribution in [3.05, 3.63) is 84.4 Å². The fraction of sp³-hybridized carbons (Fsp3) is 0.160. The van der Waals surface area contributed by atoms with Gasteiger partial charge in [-0.25, -0.2) is 4.98 Å². The summed E-state index contributed by atoms with van der Waals surface area (Å²) in [4.78, 5) is 6.86. The van der Waals surface area contributed by atoms with E-state index in [9.17, 15) is 0 Å². The summed E-state index contributed by atoms with van der Waals surface area (Å²) in [5, 5.41) is 0.935. The first-order valence-corrected chi connectivity index (χ1v) is 10.4. The van der Waals surface area contributed by atoms with E-state index in [0.717, 1.165) is 39.6 Å². The number of hydrogen-bond donors (Lipinski definition) is 0. The van der Waals surface area contributed by atoms with E-state index in [2.05, 4.69) is 53.4 Å². The van der Waals surface area contributed by atoms with Crippen LogP contribution in [0.5, 0.6) is 11.5 Å². The van der Waals surface area contributed by atoms with Gasteiger partial charge in [0.05, 0.1) is 24.4 Å². The topological polar surface area (TPSA) is 34.6 Å². The third kappa shape index (κ3) is 5.19. The highest BCUT2D eigenvalue weighted by Gasteiger charge is 2.09. The predicted molar refractivity (Wildman–Crippen MR) is 130 cm³/mol. The Morgan fingerprint density at radius 1 is 0.933 bits per heavy atom. The van der Waals surface area contributed by atoms with Crippen molar-refractivity contribution < 1.29 is 9.47 Å². The van der Waals surface area contributed by atoms with Crippen molar-refractivity contribution in [1.29, 1.82) is 0 Å². The summed E-state index contributed by atoms with van der Waals surface area (Å²) in [7, 11) is 3.27. The standard InChI is InChI=1S/C25H26N2O2S/c1-5-15-27(16-6-2)20-13-11-19(12-14-20)9-7-8-10-25-26-21-17-22(28-3)23(29-4)18-24(21)30-25/h5-14,17-18H,1-2,15-16H2,3-4H3/b9-7+,10-8+. The van der Waals surface area contributed by atoms with Gasteiger partial charge >= 0.3 is 0 Å². The van der Waals surface area contributed by atoms with Crippen molar-refractivity contribution in [2.24, 2.45) is 0 Å². The Bertz CT molecular complexity index is 1010. The van der Waals surface area contributed by atoms with Gasteiger partial charge < -0.3 is 14.4 Å². The Labute approximate surface area is 182 Å². The van der Waals surface area contributed by atoms with E-state index in [-0.39, 0.29) is 0 Å². The molecule has 0 spiro atoms. The van der Waals surface area contributed by atoms with Gasteiger partial charge in [-0.15, -0.1) is 24.5 Å². The third-order valence-corrected chi connectivity index (χ3v) is 5.49. The largest absolute Gasteiger partial charge is 0.493 e. The maximum atomic E-state index is 5.36. The molecule has 0 aliphatic carbocycles. The molecule has 0 radical (unpaired) electrons. The minimum absolute atomic E-state index is 0.689. The van der Waals surface area contributed by atoms with E-state index < -0.39 is 0 Å². The normalized spacial score (nSPS) is 11.3. The molecule has 0 N–H and O–H groups in total. The Morgan fingerprint density at radius 3 is 2.20 bits per heavy atom. The van der Waals surface area contributed by atoms with Crippen molar-refractivity contribution in [3.8, 4) is 11.5 Å². The first-order valence-electron chi connectivity index (χ1n) is 9.62. The molecule has 4 nitrogen and oxygen atoms in total. The molecule has 154 valence electrons. The van der Waals surface area contributed by atoms with Crippen molar-refractivity contribution in [3.63, 3.8) is 0 Å². The SMILES string of the molecule is C=CCN(CC=C)c1ccc(/C=C/C=C/c2nc3cc(OC)c(OC)cc3s2)cc1. The molecule has 0 amide bonds. The number of rotatable bonds is 10. The number of benzene rings is 2. The second-order valence-corrected chi connectivity index (χ2v) is 7.58. The van der Waals surface area contributed by atoms with Crippen LogP contribution in [0.15, 0.2) is 73.9 Å². The highest BCUT2D eigenvalue weighted by atomic mass is 32.1. The minimum Gasteiger partial charge on any atom is -0.493 e. The monoisotopic (exact) mass is 418 g/mol. The summed E-state index contributed by atoms with van der Waals surface area (Å²) in [6, 6.07) is 12.3. The maximum absolute atomic E-state index is 5.36. The Kier molecular flexibility index (Phi) is 7.46. The van der Waals surface area contributed by atoms with Crippen LogP contribution in [0, 0.1) is 0 Å². The molecule has 0 atom stereocenters. The Balaban J connectivity index is 1.68. The van der Waals surface area contributed by atoms with Gasteiger partial charge in [0.2, 0.25) is 0 Å². The van der Waals surface area contributed by atoms with Crippen LogP contribution in [0.3, 0.4) is 0 Å². The van der Waals surface area contributed by atoms with Crippen LogP contribution >= 0.6 is 11.3 Å². The Morgan fingerprint density at radius 2 is 1.57 bits per heavy atom. The molecule has 30 heavy (non-hydrogen) atoms. The fourth-order valence-corrected chi connectivity index (χ4v) is 3.93. The van der Waals surface area contributed by atoms with Crippen LogP contribution in [0.1, 0.15) is 10.6 Å². The molecule has 0 bridgehead atoms. The summed E-state index contributed by atoms with van der Waals surface area (Å²) in [6.45, 7) is 9.23. The number of allylic oxidation sites excluding steroid dienone is 2. The van der Waals surface area contributed by atoms with Crippen LogP contribution in [-0.2, 0) is 0 Å². The molecule has 0 saturated heterocycles. The molecule has 2 aromatic carbocycles. The molecular formula is C25H26N2O2S. The molecule has 5 heteroatoms. The highest BCUT2D eigenvalue weighted by Crippen LogP contribution is 2.34. The van der Waals surface area contributed by atoms with E-state index in [1.54, 1.807) is 25.6 Å². The quantitative estimate of drug-likeness (QED) is 0.289.